The van der Waals surface area contributed by atoms with Crippen LogP contribution in [0.3, 0.4) is 0 Å². The number of nitrogens with zero attached hydrogens (tertiary/aromatic N) is 1. The highest BCUT2D eigenvalue weighted by Crippen LogP contribution is 2.17. The lowest BCUT2D eigenvalue weighted by atomic mass is 10.0. The molecule has 2 heteroatoms. The maximum Gasteiger partial charge on any atom is 0.00222 e. The zero-order chi connectivity index (χ0) is 12.1. The van der Waals surface area contributed by atoms with E-state index in [4.69, 9.17) is 0 Å². The Kier molecular flexibility index (Phi) is 4.93. The van der Waals surface area contributed by atoms with E-state index in [0.717, 1.165) is 11.7 Å². The van der Waals surface area contributed by atoms with Gasteiger partial charge in [-0.3, -0.25) is 0 Å². The standard InChI is InChI=1S/C15H23NS/c1-2-13(12-17)11-16-9-7-14-5-3-4-6-15(14)8-10-16/h3-6,13,17H,2,7-12H2,1H3. The molecule has 1 atom stereocenters. The van der Waals surface area contributed by atoms with Crippen LogP contribution in [-0.2, 0) is 12.8 Å². The van der Waals surface area contributed by atoms with Gasteiger partial charge in [0.2, 0.25) is 0 Å². The predicted molar refractivity (Wildman–Crippen MR) is 77.9 cm³/mol. The van der Waals surface area contributed by atoms with Crippen LogP contribution < -0.4 is 0 Å². The van der Waals surface area contributed by atoms with E-state index in [2.05, 4.69) is 48.7 Å². The first-order valence-corrected chi connectivity index (χ1v) is 7.36. The third kappa shape index (κ3) is 3.49. The fourth-order valence-electron chi connectivity index (χ4n) is 2.58. The third-order valence-corrected chi connectivity index (χ3v) is 4.38. The first-order valence-electron chi connectivity index (χ1n) is 6.73. The Bertz CT molecular complexity index is 320. The third-order valence-electron chi connectivity index (χ3n) is 3.87. The second-order valence-corrected chi connectivity index (χ2v) is 5.39. The van der Waals surface area contributed by atoms with Gasteiger partial charge >= 0.3 is 0 Å². The minimum absolute atomic E-state index is 0.750. The number of benzene rings is 1. The van der Waals surface area contributed by atoms with Crippen LogP contribution in [0.2, 0.25) is 0 Å². The maximum atomic E-state index is 4.44. The van der Waals surface area contributed by atoms with E-state index in [1.165, 1.54) is 38.9 Å². The Hall–Kier alpha value is -0.470. The summed E-state index contributed by atoms with van der Waals surface area (Å²) in [5.41, 5.74) is 3.10. The average Bonchev–Trinajstić information content (AvgIpc) is 2.58. The van der Waals surface area contributed by atoms with Crippen molar-refractivity contribution in [1.82, 2.24) is 4.90 Å². The number of thiol groups is 1. The van der Waals surface area contributed by atoms with Crippen LogP contribution in [0.4, 0.5) is 0 Å². The highest BCUT2D eigenvalue weighted by Gasteiger charge is 2.16. The highest BCUT2D eigenvalue weighted by atomic mass is 32.1. The molecule has 0 fully saturated rings. The van der Waals surface area contributed by atoms with Crippen LogP contribution in [0.5, 0.6) is 0 Å². The van der Waals surface area contributed by atoms with E-state index in [1.807, 2.05) is 0 Å². The molecule has 94 valence electrons. The van der Waals surface area contributed by atoms with Gasteiger partial charge in [-0.25, -0.2) is 0 Å². The largest absolute Gasteiger partial charge is 0.302 e. The van der Waals surface area contributed by atoms with Crippen molar-refractivity contribution in [3.8, 4) is 0 Å². The van der Waals surface area contributed by atoms with Crippen LogP contribution in [0.15, 0.2) is 24.3 Å². The van der Waals surface area contributed by atoms with Crippen LogP contribution in [-0.4, -0.2) is 30.3 Å². The second kappa shape index (κ2) is 6.46. The zero-order valence-electron chi connectivity index (χ0n) is 10.7. The Morgan fingerprint density at radius 3 is 2.24 bits per heavy atom. The minimum atomic E-state index is 0.750. The minimum Gasteiger partial charge on any atom is -0.302 e. The molecule has 0 aromatic heterocycles. The molecule has 1 aromatic carbocycles. The predicted octanol–water partition coefficient (Wildman–Crippen LogP) is 3.04. The summed E-state index contributed by atoms with van der Waals surface area (Å²) in [6.45, 7) is 5.91. The molecule has 1 aliphatic rings. The summed E-state index contributed by atoms with van der Waals surface area (Å²) in [6, 6.07) is 8.90. The summed E-state index contributed by atoms with van der Waals surface area (Å²) >= 11 is 4.44. The molecular formula is C15H23NS. The van der Waals surface area contributed by atoms with Crippen LogP contribution >= 0.6 is 12.6 Å². The molecule has 0 aliphatic carbocycles. The fraction of sp³-hybridized carbons (Fsp3) is 0.600. The van der Waals surface area contributed by atoms with Gasteiger partial charge in [0.05, 0.1) is 0 Å². The zero-order valence-corrected chi connectivity index (χ0v) is 11.6. The molecule has 1 nitrogen and oxygen atoms in total. The van der Waals surface area contributed by atoms with Crippen LogP contribution in [0, 0.1) is 5.92 Å². The Morgan fingerprint density at radius 2 is 1.76 bits per heavy atom. The Labute approximate surface area is 111 Å². The lowest BCUT2D eigenvalue weighted by Gasteiger charge is -2.24. The number of hydrogen-bond acceptors (Lipinski definition) is 2. The summed E-state index contributed by atoms with van der Waals surface area (Å²) < 4.78 is 0. The maximum absolute atomic E-state index is 4.44. The van der Waals surface area contributed by atoms with Crippen LogP contribution in [0.25, 0.3) is 0 Å². The molecule has 1 aliphatic heterocycles. The smallest absolute Gasteiger partial charge is 0.00222 e. The molecule has 1 unspecified atom stereocenters. The van der Waals surface area contributed by atoms with E-state index < -0.39 is 0 Å². The van der Waals surface area contributed by atoms with Crippen LogP contribution in [0.1, 0.15) is 24.5 Å². The quantitative estimate of drug-likeness (QED) is 0.803. The molecule has 0 amide bonds. The molecule has 1 heterocycles. The Morgan fingerprint density at radius 1 is 1.18 bits per heavy atom. The van der Waals surface area contributed by atoms with Crippen molar-refractivity contribution in [2.24, 2.45) is 5.92 Å². The van der Waals surface area contributed by atoms with Crippen molar-refractivity contribution in [3.05, 3.63) is 35.4 Å². The summed E-state index contributed by atoms with van der Waals surface area (Å²) in [5, 5.41) is 0. The molecule has 0 saturated carbocycles. The topological polar surface area (TPSA) is 3.24 Å². The average molecular weight is 249 g/mol. The first kappa shape index (κ1) is 13.0. The molecule has 0 radical (unpaired) electrons. The molecule has 0 spiro atoms. The van der Waals surface area contributed by atoms with E-state index in [1.54, 1.807) is 11.1 Å². The number of fused-ring (bicyclic) bond motifs is 1. The number of rotatable bonds is 4. The SMILES string of the molecule is CCC(CS)CN1CCc2ccccc2CC1. The molecule has 0 bridgehead atoms. The fourth-order valence-corrected chi connectivity index (χ4v) is 2.95. The van der Waals surface area contributed by atoms with E-state index in [9.17, 15) is 0 Å². The lowest BCUT2D eigenvalue weighted by Crippen LogP contribution is -2.32. The van der Waals surface area contributed by atoms with Gasteiger partial charge in [0.1, 0.15) is 0 Å². The summed E-state index contributed by atoms with van der Waals surface area (Å²) in [4.78, 5) is 2.62. The Balaban J connectivity index is 1.95. The van der Waals surface area contributed by atoms with Gasteiger partial charge in [-0.1, -0.05) is 37.6 Å². The summed E-state index contributed by atoms with van der Waals surface area (Å²) in [7, 11) is 0. The van der Waals surface area contributed by atoms with Gasteiger partial charge in [-0.2, -0.15) is 12.6 Å². The van der Waals surface area contributed by atoms with Gasteiger partial charge in [0, 0.05) is 19.6 Å². The van der Waals surface area contributed by atoms with E-state index in [0.29, 0.717) is 0 Å². The van der Waals surface area contributed by atoms with Crippen molar-refractivity contribution >= 4 is 12.6 Å². The monoisotopic (exact) mass is 249 g/mol. The molecular weight excluding hydrogens is 226 g/mol. The normalized spacial score (nSPS) is 18.5. The van der Waals surface area contributed by atoms with Gasteiger partial charge in [-0.15, -0.1) is 0 Å². The van der Waals surface area contributed by atoms with Gasteiger partial charge < -0.3 is 4.90 Å². The van der Waals surface area contributed by atoms with Crippen molar-refractivity contribution in [1.29, 1.82) is 0 Å². The van der Waals surface area contributed by atoms with Gasteiger partial charge in [0.25, 0.3) is 0 Å². The second-order valence-electron chi connectivity index (χ2n) is 5.03. The molecule has 0 N–H and O–H groups in total. The van der Waals surface area contributed by atoms with Gasteiger partial charge in [-0.05, 0) is 35.6 Å². The summed E-state index contributed by atoms with van der Waals surface area (Å²) in [6.07, 6.45) is 3.66. The van der Waals surface area contributed by atoms with Crippen molar-refractivity contribution in [3.63, 3.8) is 0 Å². The molecule has 17 heavy (non-hydrogen) atoms. The summed E-state index contributed by atoms with van der Waals surface area (Å²) in [5.74, 6) is 1.76. The highest BCUT2D eigenvalue weighted by molar-refractivity contribution is 7.80. The number of hydrogen-bond donors (Lipinski definition) is 1. The van der Waals surface area contributed by atoms with Crippen molar-refractivity contribution < 1.29 is 0 Å². The lowest BCUT2D eigenvalue weighted by molar-refractivity contribution is 0.247. The molecule has 1 aromatic rings. The van der Waals surface area contributed by atoms with Crippen molar-refractivity contribution in [2.75, 3.05) is 25.4 Å². The molecule has 0 saturated heterocycles. The van der Waals surface area contributed by atoms with Gasteiger partial charge in [0.15, 0.2) is 0 Å². The van der Waals surface area contributed by atoms with E-state index in [-0.39, 0.29) is 0 Å². The molecule has 2 rings (SSSR count). The van der Waals surface area contributed by atoms with E-state index >= 15 is 0 Å². The first-order chi connectivity index (χ1) is 8.33. The van der Waals surface area contributed by atoms with Crippen molar-refractivity contribution in [2.45, 2.75) is 26.2 Å².